The van der Waals surface area contributed by atoms with E-state index in [1.54, 1.807) is 15.5 Å². The lowest BCUT2D eigenvalue weighted by atomic mass is 10.1. The number of piperazine rings is 1. The van der Waals surface area contributed by atoms with Crippen molar-refractivity contribution < 1.29 is 19.1 Å². The Morgan fingerprint density at radius 3 is 2.50 bits per heavy atom. The first-order chi connectivity index (χ1) is 20.2. The van der Waals surface area contributed by atoms with Gasteiger partial charge in [-0.25, -0.2) is 14.2 Å². The predicted molar refractivity (Wildman–Crippen MR) is 163 cm³/mol. The summed E-state index contributed by atoms with van der Waals surface area (Å²) in [6, 6.07) is 10.3. The average molecular weight is 610 g/mol. The molecule has 0 unspecified atom stereocenters. The van der Waals surface area contributed by atoms with Crippen molar-refractivity contribution in [3.8, 4) is 11.3 Å². The predicted octanol–water partition coefficient (Wildman–Crippen LogP) is 5.13. The summed E-state index contributed by atoms with van der Waals surface area (Å²) in [6.45, 7) is 4.74. The number of nitrogens with zero attached hydrogens (tertiary/aromatic N) is 5. The molecule has 1 saturated heterocycles. The van der Waals surface area contributed by atoms with Crippen LogP contribution in [-0.4, -0.2) is 70.7 Å². The smallest absolute Gasteiger partial charge is 0.341 e. The summed E-state index contributed by atoms with van der Waals surface area (Å²) in [4.78, 5) is 48.0. The molecule has 1 aliphatic carbocycles. The highest BCUT2D eigenvalue weighted by Gasteiger charge is 2.29. The second-order valence-electron chi connectivity index (χ2n) is 10.6. The number of pyridine rings is 1. The van der Waals surface area contributed by atoms with Gasteiger partial charge in [-0.2, -0.15) is 0 Å². The van der Waals surface area contributed by atoms with Gasteiger partial charge in [-0.05, 0) is 44.0 Å². The van der Waals surface area contributed by atoms with Crippen molar-refractivity contribution in [2.45, 2.75) is 25.8 Å². The Morgan fingerprint density at radius 1 is 1.14 bits per heavy atom. The summed E-state index contributed by atoms with van der Waals surface area (Å²) < 4.78 is 17.1. The third kappa shape index (κ3) is 5.51. The summed E-state index contributed by atoms with van der Waals surface area (Å²) in [5, 5.41) is 12.8. The number of fused-ring (bicyclic) bond motifs is 1. The third-order valence-electron chi connectivity index (χ3n) is 7.82. The van der Waals surface area contributed by atoms with Crippen LogP contribution >= 0.6 is 22.9 Å². The zero-order valence-electron chi connectivity index (χ0n) is 22.9. The molecule has 1 N–H and O–H groups in total. The van der Waals surface area contributed by atoms with Crippen LogP contribution in [-0.2, 0) is 4.79 Å². The fourth-order valence-electron chi connectivity index (χ4n) is 5.39. The minimum Gasteiger partial charge on any atom is -0.477 e. The minimum absolute atomic E-state index is 0.0532. The molecule has 1 saturated carbocycles. The Bertz CT molecular complexity index is 1730. The Kier molecular flexibility index (Phi) is 7.73. The van der Waals surface area contributed by atoms with Gasteiger partial charge in [-0.3, -0.25) is 19.4 Å². The molecule has 1 amide bonds. The topological polar surface area (TPSA) is 99.0 Å². The van der Waals surface area contributed by atoms with Crippen LogP contribution in [0.25, 0.3) is 22.2 Å². The van der Waals surface area contributed by atoms with Crippen molar-refractivity contribution in [3.05, 3.63) is 74.6 Å². The first kappa shape index (κ1) is 28.3. The summed E-state index contributed by atoms with van der Waals surface area (Å²) >= 11 is 7.42. The molecule has 1 aliphatic heterocycles. The first-order valence-corrected chi connectivity index (χ1v) is 15.1. The molecule has 0 spiro atoms. The van der Waals surface area contributed by atoms with Crippen molar-refractivity contribution in [3.63, 3.8) is 0 Å². The summed E-state index contributed by atoms with van der Waals surface area (Å²) in [5.41, 5.74) is 1.61. The normalized spacial score (nSPS) is 15.7. The second kappa shape index (κ2) is 11.5. The number of aromatic nitrogens is 2. The van der Waals surface area contributed by atoms with Crippen LogP contribution in [0.5, 0.6) is 0 Å². The van der Waals surface area contributed by atoms with Crippen LogP contribution in [0.2, 0.25) is 5.02 Å². The Balaban J connectivity index is 1.15. The maximum Gasteiger partial charge on any atom is 0.341 e. The number of carbonyl (C=O) groups excluding carboxylic acids is 1. The number of aromatic carboxylic acids is 1. The molecule has 42 heavy (non-hydrogen) atoms. The van der Waals surface area contributed by atoms with Crippen molar-refractivity contribution in [2.75, 3.05) is 49.1 Å². The minimum atomic E-state index is -1.31. The molecular weight excluding hydrogens is 581 g/mol. The SMILES string of the molecule is CCN(C(=O)CN1CCN(c2cc3c(cc2F)c(=O)c(C(=O)O)cn3C2CC2)CC1)c1nc(-c2ccc(Cl)cc2)cs1. The number of hydrogen-bond acceptors (Lipinski definition) is 7. The lowest BCUT2D eigenvalue weighted by Gasteiger charge is -2.36. The number of halogens is 2. The maximum absolute atomic E-state index is 15.3. The fraction of sp³-hybridized carbons (Fsp3) is 0.333. The van der Waals surface area contributed by atoms with E-state index in [0.29, 0.717) is 54.1 Å². The maximum atomic E-state index is 15.3. The second-order valence-corrected chi connectivity index (χ2v) is 11.8. The van der Waals surface area contributed by atoms with E-state index in [1.165, 1.54) is 23.6 Å². The van der Waals surface area contributed by atoms with Gasteiger partial charge in [-0.15, -0.1) is 11.3 Å². The van der Waals surface area contributed by atoms with Crippen molar-refractivity contribution >= 4 is 56.5 Å². The molecule has 2 aromatic carbocycles. The molecule has 0 atom stereocenters. The Hall–Kier alpha value is -3.80. The van der Waals surface area contributed by atoms with Crippen LogP contribution in [0.1, 0.15) is 36.2 Å². The van der Waals surface area contributed by atoms with Gasteiger partial charge < -0.3 is 14.6 Å². The standard InChI is InChI=1S/C30H29ClFN5O4S/c1-2-36(30-33-24(17-42-30)18-3-5-19(31)6-4-18)27(38)16-34-9-11-35(12-10-34)26-14-25-21(13-23(26)32)28(39)22(29(40)41)15-37(25)20-7-8-20/h3-6,13-15,17,20H,2,7-12,16H2,1H3,(H,40,41). The van der Waals surface area contributed by atoms with Gasteiger partial charge in [0.25, 0.3) is 0 Å². The molecule has 2 aliphatic rings. The van der Waals surface area contributed by atoms with Gasteiger partial charge >= 0.3 is 5.97 Å². The van der Waals surface area contributed by atoms with Gasteiger partial charge in [-0.1, -0.05) is 23.7 Å². The van der Waals surface area contributed by atoms with Crippen LogP contribution in [0, 0.1) is 5.82 Å². The number of likely N-dealkylation sites (N-methyl/N-ethyl adjacent to an activating group) is 1. The summed E-state index contributed by atoms with van der Waals surface area (Å²) in [5.74, 6) is -1.93. The number of amides is 1. The zero-order valence-corrected chi connectivity index (χ0v) is 24.5. The van der Waals surface area contributed by atoms with E-state index in [-0.39, 0.29) is 29.4 Å². The highest BCUT2D eigenvalue weighted by Crippen LogP contribution is 2.38. The monoisotopic (exact) mass is 609 g/mol. The fourth-order valence-corrected chi connectivity index (χ4v) is 6.43. The van der Waals surface area contributed by atoms with Crippen LogP contribution < -0.4 is 15.2 Å². The average Bonchev–Trinajstić information content (AvgIpc) is 3.71. The van der Waals surface area contributed by atoms with E-state index in [0.717, 1.165) is 24.1 Å². The Labute approximate surface area is 250 Å². The molecule has 6 rings (SSSR count). The highest BCUT2D eigenvalue weighted by molar-refractivity contribution is 7.14. The molecule has 4 aromatic rings. The lowest BCUT2D eigenvalue weighted by Crippen LogP contribution is -2.50. The molecule has 12 heteroatoms. The summed E-state index contributed by atoms with van der Waals surface area (Å²) in [6.07, 6.45) is 3.15. The largest absolute Gasteiger partial charge is 0.477 e. The number of rotatable bonds is 8. The van der Waals surface area contributed by atoms with E-state index in [4.69, 9.17) is 11.6 Å². The van der Waals surface area contributed by atoms with E-state index < -0.39 is 17.2 Å². The molecule has 9 nitrogen and oxygen atoms in total. The number of thiazole rings is 1. The quantitative estimate of drug-likeness (QED) is 0.296. The molecule has 3 heterocycles. The first-order valence-electron chi connectivity index (χ1n) is 13.8. The number of carbonyl (C=O) groups is 2. The number of hydrogen-bond donors (Lipinski definition) is 1. The van der Waals surface area contributed by atoms with Crippen molar-refractivity contribution in [2.24, 2.45) is 0 Å². The van der Waals surface area contributed by atoms with E-state index >= 15 is 4.39 Å². The third-order valence-corrected chi connectivity index (χ3v) is 8.94. The van der Waals surface area contributed by atoms with Crippen LogP contribution in [0.15, 0.2) is 52.8 Å². The highest BCUT2D eigenvalue weighted by atomic mass is 35.5. The van der Waals surface area contributed by atoms with Crippen molar-refractivity contribution in [1.29, 1.82) is 0 Å². The number of anilines is 2. The van der Waals surface area contributed by atoms with Gasteiger partial charge in [0.15, 0.2) is 5.13 Å². The molecule has 0 radical (unpaired) electrons. The van der Waals surface area contributed by atoms with Crippen LogP contribution in [0.4, 0.5) is 15.2 Å². The van der Waals surface area contributed by atoms with Crippen molar-refractivity contribution in [1.82, 2.24) is 14.5 Å². The molecule has 0 bridgehead atoms. The van der Waals surface area contributed by atoms with Crippen LogP contribution in [0.3, 0.4) is 0 Å². The zero-order chi connectivity index (χ0) is 29.5. The van der Waals surface area contributed by atoms with E-state index in [1.807, 2.05) is 46.4 Å². The number of carboxylic acids is 1. The van der Waals surface area contributed by atoms with Gasteiger partial charge in [0.1, 0.15) is 11.4 Å². The lowest BCUT2D eigenvalue weighted by molar-refractivity contribution is -0.119. The Morgan fingerprint density at radius 2 is 1.86 bits per heavy atom. The van der Waals surface area contributed by atoms with E-state index in [2.05, 4.69) is 4.98 Å². The number of carboxylic acid groups (broad SMARTS) is 1. The molecule has 2 fully saturated rings. The molecular formula is C30H29ClFN5O4S. The van der Waals surface area contributed by atoms with Gasteiger partial charge in [0.05, 0.1) is 23.4 Å². The summed E-state index contributed by atoms with van der Waals surface area (Å²) in [7, 11) is 0. The van der Waals surface area contributed by atoms with Gasteiger partial charge in [0, 0.05) is 66.3 Å². The molecule has 2 aromatic heterocycles. The number of benzene rings is 2. The molecule has 218 valence electrons. The van der Waals surface area contributed by atoms with E-state index in [9.17, 15) is 19.5 Å². The van der Waals surface area contributed by atoms with Gasteiger partial charge in [0.2, 0.25) is 11.3 Å².